The molecule has 2 aliphatic rings. The molecule has 0 saturated carbocycles. The molecule has 0 radical (unpaired) electrons. The smallest absolute Gasteiger partial charge is 0.0411 e. The van der Waals surface area contributed by atoms with Crippen LogP contribution in [-0.4, -0.2) is 13.1 Å². The molecular formula is C8H10ClN. The van der Waals surface area contributed by atoms with Crippen molar-refractivity contribution in [3.8, 4) is 0 Å². The van der Waals surface area contributed by atoms with Gasteiger partial charge in [-0.05, 0) is 24.0 Å². The van der Waals surface area contributed by atoms with Crippen LogP contribution in [-0.2, 0) is 0 Å². The van der Waals surface area contributed by atoms with Crippen LogP contribution in [0.1, 0.15) is 6.42 Å². The summed E-state index contributed by atoms with van der Waals surface area (Å²) < 4.78 is 0. The van der Waals surface area contributed by atoms with Crippen LogP contribution < -0.4 is 5.32 Å². The van der Waals surface area contributed by atoms with Crippen molar-refractivity contribution in [1.29, 1.82) is 0 Å². The Morgan fingerprint density at radius 1 is 1.60 bits per heavy atom. The van der Waals surface area contributed by atoms with Crippen LogP contribution in [0, 0.1) is 5.92 Å². The molecule has 10 heavy (non-hydrogen) atoms. The Morgan fingerprint density at radius 2 is 2.50 bits per heavy atom. The topological polar surface area (TPSA) is 12.0 Å². The first kappa shape index (κ1) is 6.44. The van der Waals surface area contributed by atoms with Crippen LogP contribution in [0.4, 0.5) is 0 Å². The molecule has 1 aliphatic heterocycles. The van der Waals surface area contributed by atoms with E-state index in [4.69, 9.17) is 11.6 Å². The van der Waals surface area contributed by atoms with Crippen LogP contribution in [0.3, 0.4) is 0 Å². The van der Waals surface area contributed by atoms with Crippen LogP contribution in [0.5, 0.6) is 0 Å². The van der Waals surface area contributed by atoms with Crippen molar-refractivity contribution in [3.63, 3.8) is 0 Å². The van der Waals surface area contributed by atoms with Gasteiger partial charge >= 0.3 is 0 Å². The van der Waals surface area contributed by atoms with E-state index in [1.165, 1.54) is 12.0 Å². The number of nitrogens with one attached hydrogen (secondary N) is 1. The molecular weight excluding hydrogens is 146 g/mol. The number of halogens is 1. The molecule has 0 amide bonds. The van der Waals surface area contributed by atoms with Crippen molar-refractivity contribution < 1.29 is 0 Å². The summed E-state index contributed by atoms with van der Waals surface area (Å²) in [5, 5.41) is 4.27. The Balaban J connectivity index is 2.32. The van der Waals surface area contributed by atoms with Gasteiger partial charge in [0.1, 0.15) is 0 Å². The van der Waals surface area contributed by atoms with E-state index in [1.807, 2.05) is 6.08 Å². The largest absolute Gasteiger partial charge is 0.312 e. The molecule has 1 fully saturated rings. The summed E-state index contributed by atoms with van der Waals surface area (Å²) in [6.07, 6.45) is 5.34. The molecule has 2 heteroatoms. The number of allylic oxidation sites excluding steroid dienone is 3. The highest BCUT2D eigenvalue weighted by atomic mass is 35.5. The lowest BCUT2D eigenvalue weighted by Gasteiger charge is -2.12. The molecule has 1 nitrogen and oxygen atoms in total. The fourth-order valence-electron chi connectivity index (χ4n) is 1.60. The second kappa shape index (κ2) is 2.40. The van der Waals surface area contributed by atoms with E-state index in [0.29, 0.717) is 5.92 Å². The lowest BCUT2D eigenvalue weighted by atomic mass is 9.95. The maximum atomic E-state index is 5.97. The lowest BCUT2D eigenvalue weighted by Crippen LogP contribution is -2.08. The summed E-state index contributed by atoms with van der Waals surface area (Å²) in [7, 11) is 0. The van der Waals surface area contributed by atoms with Gasteiger partial charge in [0.2, 0.25) is 0 Å². The minimum atomic E-state index is 0.692. The van der Waals surface area contributed by atoms with Gasteiger partial charge in [-0.2, -0.15) is 0 Å². The molecule has 1 heterocycles. The monoisotopic (exact) mass is 155 g/mol. The van der Waals surface area contributed by atoms with Crippen LogP contribution in [0.25, 0.3) is 0 Å². The van der Waals surface area contributed by atoms with Gasteiger partial charge in [0.15, 0.2) is 0 Å². The Morgan fingerprint density at radius 3 is 3.30 bits per heavy atom. The third-order valence-electron chi connectivity index (χ3n) is 2.19. The summed E-state index contributed by atoms with van der Waals surface area (Å²) in [5.41, 5.74) is 1.41. The molecule has 1 unspecified atom stereocenters. The Hall–Kier alpha value is -0.270. The van der Waals surface area contributed by atoms with Crippen molar-refractivity contribution in [2.45, 2.75) is 6.42 Å². The van der Waals surface area contributed by atoms with Gasteiger partial charge < -0.3 is 5.32 Å². The third-order valence-corrected chi connectivity index (χ3v) is 2.56. The normalized spacial score (nSPS) is 31.1. The SMILES string of the molecule is ClC1=C2CNCC2CC=C1. The zero-order valence-electron chi connectivity index (χ0n) is 5.73. The molecule has 0 aromatic carbocycles. The van der Waals surface area contributed by atoms with Gasteiger partial charge in [0, 0.05) is 18.1 Å². The van der Waals surface area contributed by atoms with Crippen molar-refractivity contribution in [3.05, 3.63) is 22.8 Å². The third kappa shape index (κ3) is 0.899. The van der Waals surface area contributed by atoms with E-state index >= 15 is 0 Å². The van der Waals surface area contributed by atoms with Crippen LogP contribution in [0.15, 0.2) is 22.8 Å². The number of hydrogen-bond donors (Lipinski definition) is 1. The standard InChI is InChI=1S/C8H10ClN/c9-8-3-1-2-6-4-10-5-7(6)8/h1,3,6,10H,2,4-5H2. The average Bonchev–Trinajstić information content (AvgIpc) is 2.36. The zero-order valence-corrected chi connectivity index (χ0v) is 6.49. The Labute approximate surface area is 65.8 Å². The number of fused-ring (bicyclic) bond motifs is 1. The predicted molar refractivity (Wildman–Crippen MR) is 43.0 cm³/mol. The fraction of sp³-hybridized carbons (Fsp3) is 0.500. The molecule has 0 aromatic heterocycles. The van der Waals surface area contributed by atoms with Gasteiger partial charge in [0.05, 0.1) is 0 Å². The van der Waals surface area contributed by atoms with Crippen molar-refractivity contribution in [2.24, 2.45) is 5.92 Å². The fourth-order valence-corrected chi connectivity index (χ4v) is 1.91. The van der Waals surface area contributed by atoms with E-state index in [1.54, 1.807) is 0 Å². The predicted octanol–water partition coefficient (Wildman–Crippen LogP) is 1.66. The highest BCUT2D eigenvalue weighted by Crippen LogP contribution is 2.29. The first-order valence-electron chi connectivity index (χ1n) is 3.64. The molecule has 2 rings (SSSR count). The number of hydrogen-bond acceptors (Lipinski definition) is 1. The van der Waals surface area contributed by atoms with E-state index in [0.717, 1.165) is 18.1 Å². The Bertz CT molecular complexity index is 205. The van der Waals surface area contributed by atoms with E-state index in [2.05, 4.69) is 11.4 Å². The van der Waals surface area contributed by atoms with Gasteiger partial charge in [-0.15, -0.1) is 0 Å². The van der Waals surface area contributed by atoms with Crippen molar-refractivity contribution >= 4 is 11.6 Å². The molecule has 0 bridgehead atoms. The lowest BCUT2D eigenvalue weighted by molar-refractivity contribution is 0.657. The summed E-state index contributed by atoms with van der Waals surface area (Å²) >= 11 is 5.97. The highest BCUT2D eigenvalue weighted by Gasteiger charge is 2.23. The summed E-state index contributed by atoms with van der Waals surface area (Å²) in [5.74, 6) is 0.692. The second-order valence-electron chi connectivity index (χ2n) is 2.84. The van der Waals surface area contributed by atoms with Crippen molar-refractivity contribution in [2.75, 3.05) is 13.1 Å². The molecule has 0 spiro atoms. The minimum absolute atomic E-state index is 0.692. The Kier molecular flexibility index (Phi) is 1.55. The molecule has 0 aromatic rings. The first-order valence-corrected chi connectivity index (χ1v) is 4.01. The number of rotatable bonds is 0. The van der Waals surface area contributed by atoms with Crippen LogP contribution in [0.2, 0.25) is 0 Å². The van der Waals surface area contributed by atoms with E-state index in [9.17, 15) is 0 Å². The molecule has 1 N–H and O–H groups in total. The van der Waals surface area contributed by atoms with Gasteiger partial charge in [0.25, 0.3) is 0 Å². The van der Waals surface area contributed by atoms with Gasteiger partial charge in [-0.3, -0.25) is 0 Å². The summed E-state index contributed by atoms with van der Waals surface area (Å²) in [4.78, 5) is 0. The summed E-state index contributed by atoms with van der Waals surface area (Å²) in [6.45, 7) is 2.10. The molecule has 1 saturated heterocycles. The van der Waals surface area contributed by atoms with Gasteiger partial charge in [-0.1, -0.05) is 17.7 Å². The maximum absolute atomic E-state index is 5.97. The molecule has 1 atom stereocenters. The van der Waals surface area contributed by atoms with E-state index < -0.39 is 0 Å². The first-order chi connectivity index (χ1) is 4.88. The summed E-state index contributed by atoms with van der Waals surface area (Å²) in [6, 6.07) is 0. The minimum Gasteiger partial charge on any atom is -0.312 e. The quantitative estimate of drug-likeness (QED) is 0.561. The highest BCUT2D eigenvalue weighted by molar-refractivity contribution is 6.31. The maximum Gasteiger partial charge on any atom is 0.0411 e. The zero-order chi connectivity index (χ0) is 6.97. The molecule has 54 valence electrons. The second-order valence-corrected chi connectivity index (χ2v) is 3.25. The molecule has 1 aliphatic carbocycles. The van der Waals surface area contributed by atoms with E-state index in [-0.39, 0.29) is 0 Å². The average molecular weight is 156 g/mol. The van der Waals surface area contributed by atoms with Gasteiger partial charge in [-0.25, -0.2) is 0 Å². The van der Waals surface area contributed by atoms with Crippen molar-refractivity contribution in [1.82, 2.24) is 5.32 Å². The van der Waals surface area contributed by atoms with Crippen LogP contribution >= 0.6 is 11.6 Å².